The third-order valence-corrected chi connectivity index (χ3v) is 5.11. The van der Waals surface area contributed by atoms with Gasteiger partial charge in [-0.05, 0) is 56.4 Å². The predicted octanol–water partition coefficient (Wildman–Crippen LogP) is 1.82. The number of carbonyl (C=O) groups is 1. The zero-order chi connectivity index (χ0) is 14.8. The number of hydrogen-bond acceptors (Lipinski definition) is 3. The van der Waals surface area contributed by atoms with Gasteiger partial charge in [-0.2, -0.15) is 0 Å². The van der Waals surface area contributed by atoms with Crippen LogP contribution in [0, 0.1) is 11.3 Å². The molecule has 1 heterocycles. The number of amides is 1. The molecule has 0 aromatic carbocycles. The van der Waals surface area contributed by atoms with Crippen molar-refractivity contribution in [2.75, 3.05) is 13.1 Å². The Kier molecular flexibility index (Phi) is 4.75. The van der Waals surface area contributed by atoms with Gasteiger partial charge in [0.2, 0.25) is 5.91 Å². The van der Waals surface area contributed by atoms with Crippen molar-refractivity contribution < 1.29 is 9.90 Å². The first-order valence-corrected chi connectivity index (χ1v) is 8.03. The molecular formula is C16H30N2O2. The summed E-state index contributed by atoms with van der Waals surface area (Å²) in [5.41, 5.74) is -0.373. The van der Waals surface area contributed by atoms with Crippen LogP contribution in [0.25, 0.3) is 0 Å². The second-order valence-corrected chi connectivity index (χ2v) is 7.74. The van der Waals surface area contributed by atoms with E-state index >= 15 is 0 Å². The third-order valence-electron chi connectivity index (χ3n) is 5.11. The highest BCUT2D eigenvalue weighted by Crippen LogP contribution is 2.39. The van der Waals surface area contributed by atoms with Gasteiger partial charge in [-0.3, -0.25) is 4.79 Å². The molecule has 116 valence electrons. The minimum atomic E-state index is -0.703. The Hall–Kier alpha value is -0.610. The summed E-state index contributed by atoms with van der Waals surface area (Å²) in [5, 5.41) is 16.8. The lowest BCUT2D eigenvalue weighted by atomic mass is 9.71. The van der Waals surface area contributed by atoms with Crippen LogP contribution >= 0.6 is 0 Å². The molecule has 1 saturated carbocycles. The smallest absolute Gasteiger partial charge is 0.237 e. The summed E-state index contributed by atoms with van der Waals surface area (Å²) in [6.07, 6.45) is 5.67. The molecule has 2 atom stereocenters. The largest absolute Gasteiger partial charge is 0.388 e. The molecule has 1 amide bonds. The maximum absolute atomic E-state index is 12.2. The number of nitrogens with one attached hydrogen (secondary N) is 2. The third kappa shape index (κ3) is 4.19. The van der Waals surface area contributed by atoms with E-state index in [9.17, 15) is 9.90 Å². The van der Waals surface area contributed by atoms with Crippen LogP contribution in [-0.2, 0) is 4.79 Å². The lowest BCUT2D eigenvalue weighted by molar-refractivity contribution is -0.126. The topological polar surface area (TPSA) is 61.4 Å². The molecule has 2 aliphatic rings. The number of carbonyl (C=O) groups excluding carboxylic acids is 1. The van der Waals surface area contributed by atoms with Gasteiger partial charge in [0.1, 0.15) is 0 Å². The molecule has 2 fully saturated rings. The van der Waals surface area contributed by atoms with Crippen LogP contribution in [0.3, 0.4) is 0 Å². The Morgan fingerprint density at radius 3 is 2.55 bits per heavy atom. The van der Waals surface area contributed by atoms with Gasteiger partial charge in [0.05, 0.1) is 11.6 Å². The van der Waals surface area contributed by atoms with Crippen molar-refractivity contribution in [1.29, 1.82) is 0 Å². The summed E-state index contributed by atoms with van der Waals surface area (Å²) < 4.78 is 0. The second kappa shape index (κ2) is 6.02. The molecule has 0 bridgehead atoms. The minimum absolute atomic E-state index is 0.0507. The lowest BCUT2D eigenvalue weighted by Crippen LogP contribution is -2.53. The van der Waals surface area contributed by atoms with Crippen LogP contribution in [0.5, 0.6) is 0 Å². The van der Waals surface area contributed by atoms with Crippen molar-refractivity contribution in [1.82, 2.24) is 10.6 Å². The molecule has 1 aliphatic heterocycles. The molecule has 0 radical (unpaired) electrons. The monoisotopic (exact) mass is 282 g/mol. The Morgan fingerprint density at radius 2 is 1.95 bits per heavy atom. The zero-order valence-corrected chi connectivity index (χ0v) is 13.2. The predicted molar refractivity (Wildman–Crippen MR) is 80.4 cm³/mol. The summed E-state index contributed by atoms with van der Waals surface area (Å²) in [7, 11) is 0. The summed E-state index contributed by atoms with van der Waals surface area (Å²) in [6, 6.07) is -0.0811. The van der Waals surface area contributed by atoms with E-state index in [2.05, 4.69) is 31.4 Å². The van der Waals surface area contributed by atoms with E-state index in [4.69, 9.17) is 0 Å². The van der Waals surface area contributed by atoms with Crippen molar-refractivity contribution in [3.63, 3.8) is 0 Å². The minimum Gasteiger partial charge on any atom is -0.388 e. The first-order valence-electron chi connectivity index (χ1n) is 8.03. The van der Waals surface area contributed by atoms with E-state index in [0.717, 1.165) is 45.1 Å². The molecule has 2 unspecified atom stereocenters. The van der Waals surface area contributed by atoms with Crippen molar-refractivity contribution >= 4 is 5.91 Å². The van der Waals surface area contributed by atoms with E-state index in [1.54, 1.807) is 0 Å². The van der Waals surface area contributed by atoms with E-state index < -0.39 is 5.60 Å². The molecule has 1 aliphatic carbocycles. The van der Waals surface area contributed by atoms with Crippen molar-refractivity contribution in [3.8, 4) is 0 Å². The van der Waals surface area contributed by atoms with Gasteiger partial charge in [0.25, 0.3) is 0 Å². The number of hydrogen-bond donors (Lipinski definition) is 3. The molecule has 4 heteroatoms. The van der Waals surface area contributed by atoms with E-state index in [0.29, 0.717) is 17.9 Å². The van der Waals surface area contributed by atoms with Crippen LogP contribution < -0.4 is 10.6 Å². The van der Waals surface area contributed by atoms with Crippen LogP contribution in [-0.4, -0.2) is 35.7 Å². The Morgan fingerprint density at radius 1 is 1.30 bits per heavy atom. The van der Waals surface area contributed by atoms with E-state index in [1.807, 2.05) is 0 Å². The Labute approximate surface area is 122 Å². The van der Waals surface area contributed by atoms with Crippen molar-refractivity contribution in [2.45, 2.75) is 70.9 Å². The van der Waals surface area contributed by atoms with Gasteiger partial charge in [-0.1, -0.05) is 20.8 Å². The molecule has 20 heavy (non-hydrogen) atoms. The highest BCUT2D eigenvalue weighted by Gasteiger charge is 2.37. The van der Waals surface area contributed by atoms with Gasteiger partial charge < -0.3 is 15.7 Å². The first-order chi connectivity index (χ1) is 9.30. The average molecular weight is 282 g/mol. The fourth-order valence-corrected chi connectivity index (χ4v) is 3.25. The first kappa shape index (κ1) is 15.8. The van der Waals surface area contributed by atoms with E-state index in [1.165, 1.54) is 0 Å². The summed E-state index contributed by atoms with van der Waals surface area (Å²) in [4.78, 5) is 12.2. The molecule has 0 aromatic rings. The van der Waals surface area contributed by atoms with Crippen LogP contribution in [0.2, 0.25) is 0 Å². The summed E-state index contributed by atoms with van der Waals surface area (Å²) in [5.74, 6) is 0.653. The molecule has 3 N–H and O–H groups in total. The number of aliphatic hydroxyl groups is 1. The van der Waals surface area contributed by atoms with Gasteiger partial charge in [-0.25, -0.2) is 0 Å². The quantitative estimate of drug-likeness (QED) is 0.740. The SMILES string of the molecule is CC1CCNC(C(=O)NCC2(O)CCC(C)(C)CC2)C1. The number of rotatable bonds is 3. The fraction of sp³-hybridized carbons (Fsp3) is 0.938. The Balaban J connectivity index is 1.78. The summed E-state index contributed by atoms with van der Waals surface area (Å²) >= 11 is 0. The molecule has 0 spiro atoms. The second-order valence-electron chi connectivity index (χ2n) is 7.74. The molecular weight excluding hydrogens is 252 g/mol. The highest BCUT2D eigenvalue weighted by molar-refractivity contribution is 5.81. The van der Waals surface area contributed by atoms with Gasteiger partial charge >= 0.3 is 0 Å². The van der Waals surface area contributed by atoms with Crippen LogP contribution in [0.15, 0.2) is 0 Å². The molecule has 1 saturated heterocycles. The van der Waals surface area contributed by atoms with Crippen LogP contribution in [0.4, 0.5) is 0 Å². The summed E-state index contributed by atoms with van der Waals surface area (Å²) in [6.45, 7) is 8.00. The van der Waals surface area contributed by atoms with Crippen LogP contribution in [0.1, 0.15) is 59.3 Å². The zero-order valence-electron chi connectivity index (χ0n) is 13.2. The lowest BCUT2D eigenvalue weighted by Gasteiger charge is -2.40. The van der Waals surface area contributed by atoms with Crippen molar-refractivity contribution in [2.24, 2.45) is 11.3 Å². The molecule has 2 rings (SSSR count). The standard InChI is InChI=1S/C16H30N2O2/c1-12-4-9-17-13(10-12)14(19)18-11-16(20)7-5-15(2,3)6-8-16/h12-13,17,20H,4-11H2,1-3H3,(H,18,19). The van der Waals surface area contributed by atoms with Gasteiger partial charge in [0.15, 0.2) is 0 Å². The van der Waals surface area contributed by atoms with Gasteiger partial charge in [-0.15, -0.1) is 0 Å². The normalized spacial score (nSPS) is 32.6. The van der Waals surface area contributed by atoms with Gasteiger partial charge in [0, 0.05) is 6.54 Å². The fourth-order valence-electron chi connectivity index (χ4n) is 3.25. The highest BCUT2D eigenvalue weighted by atomic mass is 16.3. The Bertz CT molecular complexity index is 344. The number of piperidine rings is 1. The van der Waals surface area contributed by atoms with E-state index in [-0.39, 0.29) is 11.9 Å². The maximum atomic E-state index is 12.2. The van der Waals surface area contributed by atoms with Crippen molar-refractivity contribution in [3.05, 3.63) is 0 Å². The average Bonchev–Trinajstić information content (AvgIpc) is 2.40. The molecule has 0 aromatic heterocycles. The molecule has 4 nitrogen and oxygen atoms in total. The maximum Gasteiger partial charge on any atom is 0.237 e.